The lowest BCUT2D eigenvalue weighted by molar-refractivity contribution is -0.126. The maximum Gasteiger partial charge on any atom is 0.262 e. The van der Waals surface area contributed by atoms with E-state index in [1.165, 1.54) is 0 Å². The number of methoxy groups -OCH3 is 1. The van der Waals surface area contributed by atoms with Gasteiger partial charge in [0.05, 0.1) is 13.0 Å². The topological polar surface area (TPSA) is 97.0 Å². The van der Waals surface area contributed by atoms with Crippen molar-refractivity contribution in [3.63, 3.8) is 0 Å². The fourth-order valence-corrected chi connectivity index (χ4v) is 4.14. The van der Waals surface area contributed by atoms with Gasteiger partial charge in [0.25, 0.3) is 5.91 Å². The molecule has 2 N–H and O–H groups in total. The first kappa shape index (κ1) is 25.8. The normalized spacial score (nSPS) is 14.8. The van der Waals surface area contributed by atoms with Gasteiger partial charge in [-0.1, -0.05) is 24.3 Å². The van der Waals surface area contributed by atoms with Gasteiger partial charge in [0, 0.05) is 30.9 Å². The molecule has 3 aromatic rings. The number of nitrogens with one attached hydrogen (secondary N) is 2. The number of ether oxygens (including phenoxy) is 2. The van der Waals surface area contributed by atoms with Crippen LogP contribution in [0.5, 0.6) is 11.5 Å². The molecule has 3 aromatic carbocycles. The van der Waals surface area contributed by atoms with E-state index in [9.17, 15) is 14.4 Å². The standard InChI is InChI=1S/C29H31N3O5/c1-19-4-5-20(2)26(14-19)31-27(33)18-37-25-12-8-23(9-13-25)32-17-22(15-28(32)34)29(35)30-16-21-6-10-24(36-3)11-7-21/h4-14,22H,15-18H2,1-3H3,(H,30,35)(H,31,33)/t22-/m1/s1. The zero-order valence-corrected chi connectivity index (χ0v) is 21.2. The fraction of sp³-hybridized carbons (Fsp3) is 0.276. The van der Waals surface area contributed by atoms with Crippen molar-refractivity contribution in [1.82, 2.24) is 5.32 Å². The maximum absolute atomic E-state index is 12.7. The predicted octanol–water partition coefficient (Wildman–Crippen LogP) is 4.00. The van der Waals surface area contributed by atoms with Gasteiger partial charge in [0.2, 0.25) is 11.8 Å². The van der Waals surface area contributed by atoms with E-state index in [0.717, 1.165) is 28.1 Å². The lowest BCUT2D eigenvalue weighted by atomic mass is 10.1. The monoisotopic (exact) mass is 501 g/mol. The molecule has 0 aromatic heterocycles. The number of benzene rings is 3. The molecule has 0 aliphatic carbocycles. The summed E-state index contributed by atoms with van der Waals surface area (Å²) in [6.45, 7) is 4.47. The van der Waals surface area contributed by atoms with Crippen LogP contribution in [0.15, 0.2) is 66.7 Å². The van der Waals surface area contributed by atoms with Gasteiger partial charge in [0.15, 0.2) is 6.61 Å². The van der Waals surface area contributed by atoms with Crippen LogP contribution in [0.3, 0.4) is 0 Å². The Kier molecular flexibility index (Phi) is 8.08. The van der Waals surface area contributed by atoms with Gasteiger partial charge in [0.1, 0.15) is 11.5 Å². The molecule has 0 unspecified atom stereocenters. The number of hydrogen-bond donors (Lipinski definition) is 2. The van der Waals surface area contributed by atoms with Gasteiger partial charge in [-0.15, -0.1) is 0 Å². The third kappa shape index (κ3) is 6.67. The summed E-state index contributed by atoms with van der Waals surface area (Å²) in [4.78, 5) is 39.2. The van der Waals surface area contributed by atoms with Crippen molar-refractivity contribution in [2.45, 2.75) is 26.8 Å². The smallest absolute Gasteiger partial charge is 0.262 e. The molecular formula is C29H31N3O5. The van der Waals surface area contributed by atoms with Gasteiger partial charge in [-0.25, -0.2) is 0 Å². The van der Waals surface area contributed by atoms with Crippen LogP contribution in [-0.2, 0) is 20.9 Å². The molecule has 1 atom stereocenters. The molecule has 1 heterocycles. The Hall–Kier alpha value is -4.33. The third-order valence-electron chi connectivity index (χ3n) is 6.31. The number of rotatable bonds is 9. The molecular weight excluding hydrogens is 470 g/mol. The lowest BCUT2D eigenvalue weighted by Crippen LogP contribution is -2.32. The van der Waals surface area contributed by atoms with Gasteiger partial charge < -0.3 is 25.0 Å². The van der Waals surface area contributed by atoms with E-state index in [0.29, 0.717) is 24.5 Å². The number of carbonyl (C=O) groups excluding carboxylic acids is 3. The predicted molar refractivity (Wildman–Crippen MR) is 142 cm³/mol. The van der Waals surface area contributed by atoms with Crippen LogP contribution in [0.2, 0.25) is 0 Å². The molecule has 0 radical (unpaired) electrons. The molecule has 1 fully saturated rings. The number of amides is 3. The Morgan fingerprint density at radius 3 is 2.38 bits per heavy atom. The van der Waals surface area contributed by atoms with Gasteiger partial charge in [-0.05, 0) is 73.0 Å². The Balaban J connectivity index is 1.26. The zero-order chi connectivity index (χ0) is 26.4. The van der Waals surface area contributed by atoms with Gasteiger partial charge in [-0.3, -0.25) is 14.4 Å². The number of aryl methyl sites for hydroxylation is 2. The van der Waals surface area contributed by atoms with Crippen LogP contribution >= 0.6 is 0 Å². The average Bonchev–Trinajstić information content (AvgIpc) is 3.30. The minimum atomic E-state index is -0.421. The van der Waals surface area contributed by atoms with E-state index in [2.05, 4.69) is 10.6 Å². The largest absolute Gasteiger partial charge is 0.497 e. The molecule has 3 amide bonds. The Bertz CT molecular complexity index is 1270. The van der Waals surface area contributed by atoms with Crippen molar-refractivity contribution in [3.05, 3.63) is 83.4 Å². The molecule has 8 nitrogen and oxygen atoms in total. The number of carbonyl (C=O) groups is 3. The molecule has 0 saturated carbocycles. The summed E-state index contributed by atoms with van der Waals surface area (Å²) in [6.07, 6.45) is 0.158. The first-order chi connectivity index (χ1) is 17.8. The second-order valence-electron chi connectivity index (χ2n) is 9.12. The molecule has 0 spiro atoms. The van der Waals surface area contributed by atoms with E-state index >= 15 is 0 Å². The molecule has 0 bridgehead atoms. The molecule has 37 heavy (non-hydrogen) atoms. The molecule has 8 heteroatoms. The summed E-state index contributed by atoms with van der Waals surface area (Å²) in [5, 5.41) is 5.78. The highest BCUT2D eigenvalue weighted by Crippen LogP contribution is 2.27. The second kappa shape index (κ2) is 11.6. The maximum atomic E-state index is 12.7. The van der Waals surface area contributed by atoms with E-state index in [4.69, 9.17) is 9.47 Å². The number of anilines is 2. The van der Waals surface area contributed by atoms with Crippen molar-refractivity contribution in [1.29, 1.82) is 0 Å². The highest BCUT2D eigenvalue weighted by molar-refractivity contribution is 6.00. The van der Waals surface area contributed by atoms with Crippen molar-refractivity contribution in [3.8, 4) is 11.5 Å². The van der Waals surface area contributed by atoms with E-state index < -0.39 is 5.92 Å². The van der Waals surface area contributed by atoms with Gasteiger partial charge in [-0.2, -0.15) is 0 Å². The SMILES string of the molecule is COc1ccc(CNC(=O)[C@@H]2CC(=O)N(c3ccc(OCC(=O)Nc4cc(C)ccc4C)cc3)C2)cc1. The Morgan fingerprint density at radius 1 is 0.973 bits per heavy atom. The molecule has 1 saturated heterocycles. The number of nitrogens with zero attached hydrogens (tertiary/aromatic N) is 1. The lowest BCUT2D eigenvalue weighted by Gasteiger charge is -2.17. The summed E-state index contributed by atoms with van der Waals surface area (Å²) >= 11 is 0. The summed E-state index contributed by atoms with van der Waals surface area (Å²) in [6, 6.07) is 20.3. The van der Waals surface area contributed by atoms with Crippen LogP contribution in [0, 0.1) is 19.8 Å². The summed E-state index contributed by atoms with van der Waals surface area (Å²) in [5.41, 5.74) is 4.44. The minimum Gasteiger partial charge on any atom is -0.497 e. The summed E-state index contributed by atoms with van der Waals surface area (Å²) in [5.74, 6) is 0.337. The first-order valence-corrected chi connectivity index (χ1v) is 12.1. The van der Waals surface area contributed by atoms with E-state index in [1.807, 2.05) is 56.3 Å². The van der Waals surface area contributed by atoms with E-state index in [1.54, 1.807) is 36.3 Å². The second-order valence-corrected chi connectivity index (χ2v) is 9.12. The molecule has 192 valence electrons. The Labute approximate surface area is 216 Å². The highest BCUT2D eigenvalue weighted by Gasteiger charge is 2.35. The fourth-order valence-electron chi connectivity index (χ4n) is 4.14. The zero-order valence-electron chi connectivity index (χ0n) is 21.2. The first-order valence-electron chi connectivity index (χ1n) is 12.1. The minimum absolute atomic E-state index is 0.105. The van der Waals surface area contributed by atoms with Gasteiger partial charge >= 0.3 is 0 Å². The van der Waals surface area contributed by atoms with Crippen LogP contribution < -0.4 is 25.0 Å². The van der Waals surface area contributed by atoms with Crippen molar-refractivity contribution < 1.29 is 23.9 Å². The van der Waals surface area contributed by atoms with Crippen molar-refractivity contribution >= 4 is 29.1 Å². The van der Waals surface area contributed by atoms with E-state index in [-0.39, 0.29) is 30.7 Å². The summed E-state index contributed by atoms with van der Waals surface area (Å²) < 4.78 is 10.8. The average molecular weight is 502 g/mol. The Morgan fingerprint density at radius 2 is 1.68 bits per heavy atom. The molecule has 1 aliphatic heterocycles. The highest BCUT2D eigenvalue weighted by atomic mass is 16.5. The number of hydrogen-bond acceptors (Lipinski definition) is 5. The van der Waals surface area contributed by atoms with Crippen molar-refractivity contribution in [2.24, 2.45) is 5.92 Å². The van der Waals surface area contributed by atoms with Crippen LogP contribution in [0.25, 0.3) is 0 Å². The third-order valence-corrected chi connectivity index (χ3v) is 6.31. The summed E-state index contributed by atoms with van der Waals surface area (Å²) in [7, 11) is 1.60. The quantitative estimate of drug-likeness (QED) is 0.462. The molecule has 1 aliphatic rings. The van der Waals surface area contributed by atoms with Crippen LogP contribution in [0.4, 0.5) is 11.4 Å². The van der Waals surface area contributed by atoms with Crippen LogP contribution in [0.1, 0.15) is 23.1 Å². The van der Waals surface area contributed by atoms with Crippen LogP contribution in [-0.4, -0.2) is 38.0 Å². The molecule has 4 rings (SSSR count). The van der Waals surface area contributed by atoms with Crippen molar-refractivity contribution in [2.75, 3.05) is 30.5 Å².